The van der Waals surface area contributed by atoms with Gasteiger partial charge in [0, 0.05) is 4.47 Å². The molecule has 0 saturated carbocycles. The molecule has 0 fully saturated rings. The highest BCUT2D eigenvalue weighted by Gasteiger charge is 2.08. The van der Waals surface area contributed by atoms with Gasteiger partial charge in [0.2, 0.25) is 0 Å². The molecule has 3 nitrogen and oxygen atoms in total. The van der Waals surface area contributed by atoms with Gasteiger partial charge in [-0.1, -0.05) is 0 Å². The smallest absolute Gasteiger partial charge is 0.109 e. The summed E-state index contributed by atoms with van der Waals surface area (Å²) in [6.07, 6.45) is 0. The third-order valence-electron chi connectivity index (χ3n) is 1.33. The average Bonchev–Trinajstić information content (AvgIpc) is 1.96. The number of hydrogen-bond acceptors (Lipinski definition) is 3. The van der Waals surface area contributed by atoms with Crippen LogP contribution in [0.4, 0.5) is 5.69 Å². The molecule has 1 aromatic heterocycles. The predicted molar refractivity (Wildman–Crippen MR) is 56.6 cm³/mol. The van der Waals surface area contributed by atoms with Crippen molar-refractivity contribution in [3.63, 3.8) is 0 Å². The van der Waals surface area contributed by atoms with E-state index in [0.29, 0.717) is 21.7 Å². The van der Waals surface area contributed by atoms with Gasteiger partial charge in [-0.05, 0) is 44.8 Å². The summed E-state index contributed by atoms with van der Waals surface area (Å²) in [6, 6.07) is 1.75. The van der Waals surface area contributed by atoms with Gasteiger partial charge in [-0.3, -0.25) is 0 Å². The molecule has 0 amide bonds. The maximum Gasteiger partial charge on any atom is 0.109 e. The molecule has 0 aliphatic heterocycles. The number of nitrogen functional groups attached to an aromatic ring is 1. The Kier molecular flexibility index (Phi) is 2.85. The van der Waals surface area contributed by atoms with Crippen LogP contribution in [0.2, 0.25) is 0 Å². The first-order chi connectivity index (χ1) is 5.52. The fourth-order valence-electron chi connectivity index (χ4n) is 0.781. The summed E-state index contributed by atoms with van der Waals surface area (Å²) in [7, 11) is 0. The zero-order valence-corrected chi connectivity index (χ0v) is 9.53. The number of nitrogens with one attached hydrogen (secondary N) is 1. The minimum absolute atomic E-state index is 0.356. The van der Waals surface area contributed by atoms with Crippen LogP contribution < -0.4 is 5.73 Å². The standard InChI is InChI=1S/C7H7Br2N3/c1-3(10)7-6(11)4(8)2-5(9)12-7/h2,10H,11H2,1H3. The molecule has 5 heteroatoms. The Morgan fingerprint density at radius 1 is 1.58 bits per heavy atom. The number of rotatable bonds is 1. The first-order valence-electron chi connectivity index (χ1n) is 3.19. The van der Waals surface area contributed by atoms with Gasteiger partial charge < -0.3 is 11.1 Å². The van der Waals surface area contributed by atoms with Gasteiger partial charge in [-0.2, -0.15) is 0 Å². The van der Waals surface area contributed by atoms with Crippen molar-refractivity contribution >= 4 is 43.3 Å². The van der Waals surface area contributed by atoms with Crippen molar-refractivity contribution in [2.45, 2.75) is 6.92 Å². The maximum absolute atomic E-state index is 7.39. The topological polar surface area (TPSA) is 62.8 Å². The van der Waals surface area contributed by atoms with Crippen LogP contribution in [0.5, 0.6) is 0 Å². The number of pyridine rings is 1. The van der Waals surface area contributed by atoms with Crippen LogP contribution >= 0.6 is 31.9 Å². The lowest BCUT2D eigenvalue weighted by Gasteiger charge is -2.05. The Balaban J connectivity index is 3.37. The molecule has 0 radical (unpaired) electrons. The van der Waals surface area contributed by atoms with Crippen LogP contribution in [-0.4, -0.2) is 10.7 Å². The van der Waals surface area contributed by atoms with Crippen LogP contribution in [0, 0.1) is 5.41 Å². The second kappa shape index (κ2) is 3.53. The normalized spacial score (nSPS) is 9.92. The quantitative estimate of drug-likeness (QED) is 0.617. The highest BCUT2D eigenvalue weighted by atomic mass is 79.9. The fourth-order valence-corrected chi connectivity index (χ4v) is 1.90. The highest BCUT2D eigenvalue weighted by molar-refractivity contribution is 9.11. The van der Waals surface area contributed by atoms with E-state index in [1.807, 2.05) is 0 Å². The number of nitrogens with zero attached hydrogens (tertiary/aromatic N) is 1. The molecule has 12 heavy (non-hydrogen) atoms. The van der Waals surface area contributed by atoms with E-state index in [-0.39, 0.29) is 0 Å². The molecule has 1 heterocycles. The molecule has 0 aliphatic rings. The Bertz CT molecular complexity index is 336. The molecule has 0 aliphatic carbocycles. The van der Waals surface area contributed by atoms with E-state index < -0.39 is 0 Å². The second-order valence-corrected chi connectivity index (χ2v) is 3.98. The predicted octanol–water partition coefficient (Wildman–Crippen LogP) is 2.58. The lowest BCUT2D eigenvalue weighted by molar-refractivity contribution is 1.22. The Labute approximate surface area is 87.1 Å². The van der Waals surface area contributed by atoms with Crippen LogP contribution in [0.15, 0.2) is 15.1 Å². The van der Waals surface area contributed by atoms with Crippen molar-refractivity contribution in [1.29, 1.82) is 5.41 Å². The summed E-state index contributed by atoms with van der Waals surface area (Å²) in [4.78, 5) is 4.07. The van der Waals surface area contributed by atoms with Gasteiger partial charge in [0.15, 0.2) is 0 Å². The van der Waals surface area contributed by atoms with Gasteiger partial charge in [-0.15, -0.1) is 0 Å². The monoisotopic (exact) mass is 291 g/mol. The minimum atomic E-state index is 0.356. The summed E-state index contributed by atoms with van der Waals surface area (Å²) in [6.45, 7) is 1.65. The number of aromatic nitrogens is 1. The van der Waals surface area contributed by atoms with E-state index in [0.717, 1.165) is 4.47 Å². The van der Waals surface area contributed by atoms with Gasteiger partial charge in [0.05, 0.1) is 11.4 Å². The van der Waals surface area contributed by atoms with Crippen molar-refractivity contribution in [3.8, 4) is 0 Å². The molecule has 1 aromatic rings. The van der Waals surface area contributed by atoms with Gasteiger partial charge in [-0.25, -0.2) is 4.98 Å². The van der Waals surface area contributed by atoms with E-state index in [1.165, 1.54) is 0 Å². The van der Waals surface area contributed by atoms with Crippen LogP contribution in [0.1, 0.15) is 12.6 Å². The largest absolute Gasteiger partial charge is 0.396 e. The van der Waals surface area contributed by atoms with Crippen molar-refractivity contribution in [2.75, 3.05) is 5.73 Å². The number of hydrogen-bond donors (Lipinski definition) is 2. The van der Waals surface area contributed by atoms with E-state index in [1.54, 1.807) is 13.0 Å². The number of halogens is 2. The average molecular weight is 293 g/mol. The SMILES string of the molecule is CC(=N)c1nc(Br)cc(Br)c1N. The third-order valence-corrected chi connectivity index (χ3v) is 2.39. The first-order valence-corrected chi connectivity index (χ1v) is 4.78. The molecule has 0 unspecified atom stereocenters. The third kappa shape index (κ3) is 1.84. The number of anilines is 1. The molecular formula is C7H7Br2N3. The van der Waals surface area contributed by atoms with Gasteiger partial charge in [0.25, 0.3) is 0 Å². The molecule has 3 N–H and O–H groups in total. The lowest BCUT2D eigenvalue weighted by Crippen LogP contribution is -2.04. The zero-order valence-electron chi connectivity index (χ0n) is 6.36. The summed E-state index contributed by atoms with van der Waals surface area (Å²) >= 11 is 6.50. The number of nitrogens with two attached hydrogens (primary N) is 1. The Morgan fingerprint density at radius 2 is 2.17 bits per heavy atom. The molecule has 0 aromatic carbocycles. The molecule has 1 rings (SSSR count). The van der Waals surface area contributed by atoms with E-state index >= 15 is 0 Å². The van der Waals surface area contributed by atoms with Gasteiger partial charge >= 0.3 is 0 Å². The summed E-state index contributed by atoms with van der Waals surface area (Å²) < 4.78 is 1.43. The first kappa shape index (κ1) is 9.67. The van der Waals surface area contributed by atoms with Crippen LogP contribution in [-0.2, 0) is 0 Å². The zero-order chi connectivity index (χ0) is 9.30. The summed E-state index contributed by atoms with van der Waals surface area (Å²) in [5.41, 5.74) is 7.05. The Hall–Kier alpha value is -0.420. The molecule has 64 valence electrons. The van der Waals surface area contributed by atoms with Crippen LogP contribution in [0.25, 0.3) is 0 Å². The Morgan fingerprint density at radius 3 is 2.67 bits per heavy atom. The molecule has 0 atom stereocenters. The molecule has 0 saturated heterocycles. The summed E-state index contributed by atoms with van der Waals surface area (Å²) in [5, 5.41) is 7.39. The second-order valence-electron chi connectivity index (χ2n) is 2.31. The van der Waals surface area contributed by atoms with Crippen molar-refractivity contribution in [1.82, 2.24) is 4.98 Å². The van der Waals surface area contributed by atoms with Crippen molar-refractivity contribution < 1.29 is 0 Å². The van der Waals surface area contributed by atoms with E-state index in [9.17, 15) is 0 Å². The summed E-state index contributed by atoms with van der Waals surface area (Å²) in [5.74, 6) is 0. The minimum Gasteiger partial charge on any atom is -0.396 e. The maximum atomic E-state index is 7.39. The molecular weight excluding hydrogens is 286 g/mol. The molecule has 0 spiro atoms. The van der Waals surface area contributed by atoms with Crippen molar-refractivity contribution in [2.24, 2.45) is 0 Å². The highest BCUT2D eigenvalue weighted by Crippen LogP contribution is 2.25. The van der Waals surface area contributed by atoms with Crippen LogP contribution in [0.3, 0.4) is 0 Å². The molecule has 0 bridgehead atoms. The fraction of sp³-hybridized carbons (Fsp3) is 0.143. The van der Waals surface area contributed by atoms with Gasteiger partial charge in [0.1, 0.15) is 10.3 Å². The van der Waals surface area contributed by atoms with E-state index in [4.69, 9.17) is 11.1 Å². The van der Waals surface area contributed by atoms with Crippen molar-refractivity contribution in [3.05, 3.63) is 20.8 Å². The van der Waals surface area contributed by atoms with E-state index in [2.05, 4.69) is 36.8 Å². The lowest BCUT2D eigenvalue weighted by atomic mass is 10.2.